The fourth-order valence-electron chi connectivity index (χ4n) is 2.32. The van der Waals surface area contributed by atoms with Crippen molar-refractivity contribution in [3.05, 3.63) is 59.4 Å². The van der Waals surface area contributed by atoms with Gasteiger partial charge in [0.05, 0.1) is 19.8 Å². The summed E-state index contributed by atoms with van der Waals surface area (Å²) in [6.07, 6.45) is 0. The summed E-state index contributed by atoms with van der Waals surface area (Å²) in [5.74, 6) is -1.09. The van der Waals surface area contributed by atoms with Gasteiger partial charge in [-0.25, -0.2) is 4.39 Å². The number of nitrogens with one attached hydrogen (secondary N) is 2. The molecule has 0 aliphatic heterocycles. The first-order valence-corrected chi connectivity index (χ1v) is 8.58. The second kappa shape index (κ2) is 11.1. The zero-order valence-corrected chi connectivity index (χ0v) is 15.8. The van der Waals surface area contributed by atoms with Gasteiger partial charge in [-0.15, -0.1) is 0 Å². The first kappa shape index (κ1) is 21.5. The van der Waals surface area contributed by atoms with Crippen LogP contribution in [0.5, 0.6) is 0 Å². The summed E-state index contributed by atoms with van der Waals surface area (Å²) >= 11 is 0. The van der Waals surface area contributed by atoms with E-state index in [0.717, 1.165) is 0 Å². The summed E-state index contributed by atoms with van der Waals surface area (Å²) in [6.45, 7) is 0.746. The molecule has 0 aliphatic rings. The van der Waals surface area contributed by atoms with Gasteiger partial charge in [0.1, 0.15) is 12.4 Å². The molecule has 7 nitrogen and oxygen atoms in total. The summed E-state index contributed by atoms with van der Waals surface area (Å²) in [7, 11) is 2.99. The van der Waals surface area contributed by atoms with Crippen LogP contribution in [-0.4, -0.2) is 45.9 Å². The molecule has 2 aromatic rings. The average molecular weight is 390 g/mol. The van der Waals surface area contributed by atoms with Crippen molar-refractivity contribution in [3.8, 4) is 0 Å². The van der Waals surface area contributed by atoms with Crippen molar-refractivity contribution in [2.24, 2.45) is 0 Å². The molecule has 0 saturated heterocycles. The molecule has 2 amide bonds. The van der Waals surface area contributed by atoms with Crippen LogP contribution in [0.3, 0.4) is 0 Å². The van der Waals surface area contributed by atoms with Crippen molar-refractivity contribution in [3.63, 3.8) is 0 Å². The number of amides is 2. The Hall–Kier alpha value is -2.81. The van der Waals surface area contributed by atoms with E-state index >= 15 is 0 Å². The van der Waals surface area contributed by atoms with Crippen LogP contribution in [0, 0.1) is 5.82 Å². The maximum Gasteiger partial charge on any atom is 0.255 e. The van der Waals surface area contributed by atoms with Gasteiger partial charge in [-0.3, -0.25) is 9.59 Å². The highest BCUT2D eigenvalue weighted by Crippen LogP contribution is 2.17. The third-order valence-electron chi connectivity index (χ3n) is 3.70. The summed E-state index contributed by atoms with van der Waals surface area (Å²) in [6, 6.07) is 10.7. The van der Waals surface area contributed by atoms with Gasteiger partial charge in [-0.05, 0) is 42.5 Å². The monoisotopic (exact) mass is 390 g/mol. The Morgan fingerprint density at radius 3 is 2.25 bits per heavy atom. The standard InChI is InChI=1S/C20H23FN2O5/c1-26-9-10-28-12-15-11-14(3-8-18(15)21)20(25)23-17-6-4-16(5-7-17)22-19(24)13-27-2/h3-8,11H,9-10,12-13H2,1-2H3,(H,22,24)(H,23,25). The second-order valence-electron chi connectivity index (χ2n) is 5.86. The molecular formula is C20H23FN2O5. The van der Waals surface area contributed by atoms with Crippen LogP contribution < -0.4 is 10.6 Å². The van der Waals surface area contributed by atoms with Crippen LogP contribution in [0.25, 0.3) is 0 Å². The van der Waals surface area contributed by atoms with E-state index < -0.39 is 5.82 Å². The van der Waals surface area contributed by atoms with Crippen LogP contribution in [0.4, 0.5) is 15.8 Å². The Kier molecular flexibility index (Phi) is 8.54. The van der Waals surface area contributed by atoms with Gasteiger partial charge < -0.3 is 24.8 Å². The number of anilines is 2. The lowest BCUT2D eigenvalue weighted by molar-refractivity contribution is -0.119. The average Bonchev–Trinajstić information content (AvgIpc) is 2.68. The fourth-order valence-corrected chi connectivity index (χ4v) is 2.32. The van der Waals surface area contributed by atoms with E-state index in [9.17, 15) is 14.0 Å². The molecule has 0 aromatic heterocycles. The summed E-state index contributed by atoms with van der Waals surface area (Å²) < 4.78 is 28.8. The van der Waals surface area contributed by atoms with E-state index in [2.05, 4.69) is 10.6 Å². The minimum Gasteiger partial charge on any atom is -0.382 e. The molecule has 28 heavy (non-hydrogen) atoms. The number of methoxy groups -OCH3 is 2. The molecule has 2 N–H and O–H groups in total. The molecule has 0 radical (unpaired) electrons. The quantitative estimate of drug-likeness (QED) is 0.610. The molecule has 2 aromatic carbocycles. The zero-order valence-electron chi connectivity index (χ0n) is 15.8. The predicted octanol–water partition coefficient (Wildman–Crippen LogP) is 2.83. The first-order valence-electron chi connectivity index (χ1n) is 8.58. The third kappa shape index (κ3) is 6.73. The summed E-state index contributed by atoms with van der Waals surface area (Å²) in [5, 5.41) is 5.38. The van der Waals surface area contributed by atoms with E-state index in [4.69, 9.17) is 14.2 Å². The Morgan fingerprint density at radius 2 is 1.61 bits per heavy atom. The number of hydrogen-bond donors (Lipinski definition) is 2. The van der Waals surface area contributed by atoms with E-state index in [-0.39, 0.29) is 25.0 Å². The van der Waals surface area contributed by atoms with Crippen molar-refractivity contribution in [2.75, 3.05) is 44.7 Å². The predicted molar refractivity (Wildman–Crippen MR) is 103 cm³/mol. The van der Waals surface area contributed by atoms with Crippen LogP contribution in [0.15, 0.2) is 42.5 Å². The van der Waals surface area contributed by atoms with Crippen molar-refractivity contribution < 1.29 is 28.2 Å². The van der Waals surface area contributed by atoms with Crippen LogP contribution >= 0.6 is 0 Å². The van der Waals surface area contributed by atoms with Crippen LogP contribution in [0.2, 0.25) is 0 Å². The molecule has 0 bridgehead atoms. The number of halogens is 1. The summed E-state index contributed by atoms with van der Waals surface area (Å²) in [4.78, 5) is 23.9. The molecule has 0 spiro atoms. The van der Waals surface area contributed by atoms with Crippen molar-refractivity contribution in [1.29, 1.82) is 0 Å². The molecule has 8 heteroatoms. The summed E-state index contributed by atoms with van der Waals surface area (Å²) in [5.41, 5.74) is 1.72. The maximum atomic E-state index is 13.9. The number of benzene rings is 2. The van der Waals surface area contributed by atoms with Crippen LogP contribution in [-0.2, 0) is 25.6 Å². The highest BCUT2D eigenvalue weighted by molar-refractivity contribution is 6.04. The van der Waals surface area contributed by atoms with Gasteiger partial charge in [-0.2, -0.15) is 0 Å². The smallest absolute Gasteiger partial charge is 0.255 e. The Morgan fingerprint density at radius 1 is 0.929 bits per heavy atom. The molecular weight excluding hydrogens is 367 g/mol. The topological polar surface area (TPSA) is 85.9 Å². The number of carbonyl (C=O) groups excluding carboxylic acids is 2. The molecule has 0 heterocycles. The van der Waals surface area contributed by atoms with Gasteiger partial charge in [0.25, 0.3) is 5.91 Å². The molecule has 2 rings (SSSR count). The molecule has 0 aliphatic carbocycles. The minimum atomic E-state index is -0.440. The molecule has 150 valence electrons. The van der Waals surface area contributed by atoms with E-state index in [1.165, 1.54) is 25.3 Å². The highest BCUT2D eigenvalue weighted by atomic mass is 19.1. The van der Waals surface area contributed by atoms with Crippen molar-refractivity contribution in [2.45, 2.75) is 6.61 Å². The number of hydrogen-bond acceptors (Lipinski definition) is 5. The lowest BCUT2D eigenvalue weighted by Gasteiger charge is -2.10. The molecule has 0 unspecified atom stereocenters. The molecule has 0 atom stereocenters. The van der Waals surface area contributed by atoms with Gasteiger partial charge in [0.15, 0.2) is 0 Å². The van der Waals surface area contributed by atoms with Crippen LogP contribution in [0.1, 0.15) is 15.9 Å². The lowest BCUT2D eigenvalue weighted by atomic mass is 10.1. The first-order chi connectivity index (χ1) is 13.5. The molecule has 0 saturated carbocycles. The molecule has 0 fully saturated rings. The lowest BCUT2D eigenvalue weighted by Crippen LogP contribution is -2.17. The van der Waals surface area contributed by atoms with Crippen molar-refractivity contribution in [1.82, 2.24) is 0 Å². The third-order valence-corrected chi connectivity index (χ3v) is 3.70. The SMILES string of the molecule is COCCOCc1cc(C(=O)Nc2ccc(NC(=O)COC)cc2)ccc1F. The van der Waals surface area contributed by atoms with E-state index in [0.29, 0.717) is 35.7 Å². The van der Waals surface area contributed by atoms with Gasteiger partial charge in [0.2, 0.25) is 5.91 Å². The Labute approximate surface area is 162 Å². The largest absolute Gasteiger partial charge is 0.382 e. The number of carbonyl (C=O) groups is 2. The van der Waals surface area contributed by atoms with Gasteiger partial charge >= 0.3 is 0 Å². The fraction of sp³-hybridized carbons (Fsp3) is 0.300. The highest BCUT2D eigenvalue weighted by Gasteiger charge is 2.11. The minimum absolute atomic E-state index is 0.0411. The zero-order chi connectivity index (χ0) is 20.4. The Bertz CT molecular complexity index is 796. The van der Waals surface area contributed by atoms with Gasteiger partial charge in [-0.1, -0.05) is 0 Å². The second-order valence-corrected chi connectivity index (χ2v) is 5.86. The maximum absolute atomic E-state index is 13.9. The van der Waals surface area contributed by atoms with Gasteiger partial charge in [0, 0.05) is 36.7 Å². The normalized spacial score (nSPS) is 10.5. The van der Waals surface area contributed by atoms with Crippen molar-refractivity contribution >= 4 is 23.2 Å². The number of rotatable bonds is 10. The number of ether oxygens (including phenoxy) is 3. The Balaban J connectivity index is 1.97. The van der Waals surface area contributed by atoms with E-state index in [1.807, 2.05) is 0 Å². The van der Waals surface area contributed by atoms with E-state index in [1.54, 1.807) is 31.4 Å².